The topological polar surface area (TPSA) is 70.2 Å². The summed E-state index contributed by atoms with van der Waals surface area (Å²) in [5.74, 6) is 0.124. The van der Waals surface area contributed by atoms with Gasteiger partial charge in [-0.05, 0) is 56.5 Å². The van der Waals surface area contributed by atoms with Crippen LogP contribution in [0.5, 0.6) is 5.75 Å². The Hall–Kier alpha value is -2.58. The summed E-state index contributed by atoms with van der Waals surface area (Å²) in [6.07, 6.45) is 2.71. The number of para-hydroxylation sites is 1. The molecule has 2 aliphatic heterocycles. The molecule has 1 amide bonds. The quantitative estimate of drug-likeness (QED) is 0.667. The Labute approximate surface area is 197 Å². The van der Waals surface area contributed by atoms with Crippen molar-refractivity contribution in [3.05, 3.63) is 53.6 Å². The van der Waals surface area contributed by atoms with Crippen molar-refractivity contribution >= 4 is 21.6 Å². The molecule has 0 aliphatic carbocycles. The number of ether oxygens (including phenoxy) is 1. The number of hydrogen-bond acceptors (Lipinski definition) is 5. The molecular formula is C25H33N3O4S. The standard InChI is InChI=1S/C25H33N3O4S/c1-19-8-4-5-10-22(19)26-14-16-27(17-15-26)25(29)21-11-12-23(32-3)24(18-21)33(30,31)28-13-7-6-9-20(28)2/h4-5,8,10-12,18,20H,6-7,9,13-17H2,1-3H3/t20-/m0/s1. The summed E-state index contributed by atoms with van der Waals surface area (Å²) < 4.78 is 33.9. The van der Waals surface area contributed by atoms with Gasteiger partial charge in [0.25, 0.3) is 5.91 Å². The van der Waals surface area contributed by atoms with Gasteiger partial charge in [-0.3, -0.25) is 4.79 Å². The van der Waals surface area contributed by atoms with Gasteiger partial charge in [-0.1, -0.05) is 24.6 Å². The van der Waals surface area contributed by atoms with E-state index >= 15 is 0 Å². The fourth-order valence-corrected chi connectivity index (χ4v) is 6.70. The van der Waals surface area contributed by atoms with Gasteiger partial charge in [0.15, 0.2) is 0 Å². The molecule has 2 aliphatic rings. The molecular weight excluding hydrogens is 438 g/mol. The second kappa shape index (κ2) is 9.73. The van der Waals surface area contributed by atoms with Crippen LogP contribution in [0.25, 0.3) is 0 Å². The summed E-state index contributed by atoms with van der Waals surface area (Å²) in [7, 11) is -2.30. The predicted octanol–water partition coefficient (Wildman–Crippen LogP) is 3.53. The van der Waals surface area contributed by atoms with Gasteiger partial charge in [0.2, 0.25) is 10.0 Å². The lowest BCUT2D eigenvalue weighted by molar-refractivity contribution is 0.0746. The van der Waals surface area contributed by atoms with E-state index in [-0.39, 0.29) is 22.6 Å². The molecule has 2 fully saturated rings. The van der Waals surface area contributed by atoms with Crippen molar-refractivity contribution in [1.82, 2.24) is 9.21 Å². The molecule has 0 aromatic heterocycles. The molecule has 2 aromatic rings. The fourth-order valence-electron chi connectivity index (χ4n) is 4.82. The highest BCUT2D eigenvalue weighted by atomic mass is 32.2. The van der Waals surface area contributed by atoms with Gasteiger partial charge in [-0.15, -0.1) is 0 Å². The van der Waals surface area contributed by atoms with Crippen molar-refractivity contribution in [2.45, 2.75) is 44.0 Å². The summed E-state index contributed by atoms with van der Waals surface area (Å²) in [5.41, 5.74) is 2.79. The van der Waals surface area contributed by atoms with E-state index in [0.717, 1.165) is 32.4 Å². The largest absolute Gasteiger partial charge is 0.495 e. The van der Waals surface area contributed by atoms with Crippen LogP contribution >= 0.6 is 0 Å². The normalized spacial score (nSPS) is 20.0. The molecule has 33 heavy (non-hydrogen) atoms. The highest BCUT2D eigenvalue weighted by Gasteiger charge is 2.34. The number of carbonyl (C=O) groups excluding carboxylic acids is 1. The van der Waals surface area contributed by atoms with Crippen LogP contribution in [-0.4, -0.2) is 69.4 Å². The third-order valence-corrected chi connectivity index (χ3v) is 8.80. The number of sulfonamides is 1. The van der Waals surface area contributed by atoms with Crippen molar-refractivity contribution in [2.75, 3.05) is 44.7 Å². The van der Waals surface area contributed by atoms with Crippen LogP contribution in [0.3, 0.4) is 0 Å². The number of methoxy groups -OCH3 is 1. The fraction of sp³-hybridized carbons (Fsp3) is 0.480. The number of piperazine rings is 1. The number of aryl methyl sites for hydroxylation is 1. The van der Waals surface area contributed by atoms with Crippen LogP contribution in [0.15, 0.2) is 47.4 Å². The number of piperidine rings is 1. The first-order chi connectivity index (χ1) is 15.8. The van der Waals surface area contributed by atoms with E-state index in [1.54, 1.807) is 21.3 Å². The summed E-state index contributed by atoms with van der Waals surface area (Å²) in [4.78, 5) is 17.5. The third-order valence-electron chi connectivity index (χ3n) is 6.76. The number of amides is 1. The second-order valence-electron chi connectivity index (χ2n) is 8.89. The van der Waals surface area contributed by atoms with Crippen molar-refractivity contribution < 1.29 is 17.9 Å². The maximum absolute atomic E-state index is 13.5. The highest BCUT2D eigenvalue weighted by Crippen LogP contribution is 2.32. The lowest BCUT2D eigenvalue weighted by Gasteiger charge is -2.37. The van der Waals surface area contributed by atoms with Crippen molar-refractivity contribution in [3.63, 3.8) is 0 Å². The number of carbonyl (C=O) groups is 1. The minimum absolute atomic E-state index is 0.0673. The Balaban J connectivity index is 1.54. The molecule has 0 radical (unpaired) electrons. The zero-order valence-corrected chi connectivity index (χ0v) is 20.5. The van der Waals surface area contributed by atoms with E-state index in [9.17, 15) is 13.2 Å². The van der Waals surface area contributed by atoms with Gasteiger partial charge < -0.3 is 14.5 Å². The monoisotopic (exact) mass is 471 g/mol. The van der Waals surface area contributed by atoms with Crippen LogP contribution in [0, 0.1) is 6.92 Å². The molecule has 2 aromatic carbocycles. The van der Waals surface area contributed by atoms with Gasteiger partial charge in [0, 0.05) is 50.0 Å². The van der Waals surface area contributed by atoms with E-state index in [1.165, 1.54) is 24.4 Å². The Bertz CT molecular complexity index is 1110. The summed E-state index contributed by atoms with van der Waals surface area (Å²) in [6, 6.07) is 12.9. The average molecular weight is 472 g/mol. The Morgan fingerprint density at radius 3 is 2.39 bits per heavy atom. The van der Waals surface area contributed by atoms with Gasteiger partial charge in [0.1, 0.15) is 10.6 Å². The second-order valence-corrected chi connectivity index (χ2v) is 10.8. The highest BCUT2D eigenvalue weighted by molar-refractivity contribution is 7.89. The average Bonchev–Trinajstić information content (AvgIpc) is 2.84. The zero-order chi connectivity index (χ0) is 23.6. The smallest absolute Gasteiger partial charge is 0.254 e. The van der Waals surface area contributed by atoms with Crippen LogP contribution < -0.4 is 9.64 Å². The lowest BCUT2D eigenvalue weighted by Crippen LogP contribution is -2.49. The van der Waals surface area contributed by atoms with Crippen molar-refractivity contribution in [1.29, 1.82) is 0 Å². The minimum Gasteiger partial charge on any atom is -0.495 e. The zero-order valence-electron chi connectivity index (χ0n) is 19.7. The van der Waals surface area contributed by atoms with Crippen LogP contribution in [0.2, 0.25) is 0 Å². The maximum atomic E-state index is 13.5. The third kappa shape index (κ3) is 4.73. The lowest BCUT2D eigenvalue weighted by atomic mass is 10.1. The van der Waals surface area contributed by atoms with E-state index in [4.69, 9.17) is 4.74 Å². The number of anilines is 1. The maximum Gasteiger partial charge on any atom is 0.254 e. The number of hydrogen-bond donors (Lipinski definition) is 0. The van der Waals surface area contributed by atoms with Gasteiger partial charge in [-0.2, -0.15) is 4.31 Å². The molecule has 4 rings (SSSR count). The molecule has 2 saturated heterocycles. The molecule has 2 heterocycles. The molecule has 0 saturated carbocycles. The first kappa shape index (κ1) is 23.6. The number of nitrogens with zero attached hydrogens (tertiary/aromatic N) is 3. The Morgan fingerprint density at radius 1 is 1.00 bits per heavy atom. The molecule has 0 N–H and O–H groups in total. The van der Waals surface area contributed by atoms with Gasteiger partial charge in [0.05, 0.1) is 7.11 Å². The molecule has 0 spiro atoms. The molecule has 7 nitrogen and oxygen atoms in total. The van der Waals surface area contributed by atoms with E-state index in [1.807, 2.05) is 19.1 Å². The molecule has 0 bridgehead atoms. The summed E-state index contributed by atoms with van der Waals surface area (Å²) in [5, 5.41) is 0. The van der Waals surface area contributed by atoms with E-state index in [2.05, 4.69) is 24.0 Å². The Morgan fingerprint density at radius 2 is 1.73 bits per heavy atom. The van der Waals surface area contributed by atoms with Crippen molar-refractivity contribution in [3.8, 4) is 5.75 Å². The van der Waals surface area contributed by atoms with Crippen LogP contribution in [0.1, 0.15) is 42.1 Å². The van der Waals surface area contributed by atoms with Crippen molar-refractivity contribution in [2.24, 2.45) is 0 Å². The molecule has 1 atom stereocenters. The number of rotatable bonds is 5. The minimum atomic E-state index is -3.76. The molecule has 8 heteroatoms. The first-order valence-corrected chi connectivity index (χ1v) is 13.1. The molecule has 178 valence electrons. The van der Waals surface area contributed by atoms with Gasteiger partial charge in [-0.25, -0.2) is 8.42 Å². The summed E-state index contributed by atoms with van der Waals surface area (Å²) in [6.45, 7) is 7.18. The van der Waals surface area contributed by atoms with Gasteiger partial charge >= 0.3 is 0 Å². The number of benzene rings is 2. The predicted molar refractivity (Wildman–Crippen MR) is 129 cm³/mol. The van der Waals surface area contributed by atoms with E-state index in [0.29, 0.717) is 25.2 Å². The molecule has 0 unspecified atom stereocenters. The van der Waals surface area contributed by atoms with E-state index < -0.39 is 10.0 Å². The SMILES string of the molecule is COc1ccc(C(=O)N2CCN(c3ccccc3C)CC2)cc1S(=O)(=O)N1CCCC[C@@H]1C. The van der Waals surface area contributed by atoms with Crippen LogP contribution in [-0.2, 0) is 10.0 Å². The van der Waals surface area contributed by atoms with Crippen LogP contribution in [0.4, 0.5) is 5.69 Å². The Kier molecular flexibility index (Phi) is 6.95. The first-order valence-electron chi connectivity index (χ1n) is 11.6. The summed E-state index contributed by atoms with van der Waals surface area (Å²) >= 11 is 0.